The van der Waals surface area contributed by atoms with Crippen molar-refractivity contribution in [3.05, 3.63) is 53.3 Å². The summed E-state index contributed by atoms with van der Waals surface area (Å²) >= 11 is 0. The van der Waals surface area contributed by atoms with Crippen molar-refractivity contribution in [2.75, 3.05) is 6.61 Å². The molecule has 3 rings (SSSR count). The minimum Gasteiger partial charge on any atom is -0.493 e. The van der Waals surface area contributed by atoms with Crippen molar-refractivity contribution in [1.29, 1.82) is 0 Å². The minimum absolute atomic E-state index is 0.807. The van der Waals surface area contributed by atoms with E-state index in [1.165, 1.54) is 23.1 Å². The van der Waals surface area contributed by atoms with Gasteiger partial charge in [0.25, 0.3) is 0 Å². The van der Waals surface area contributed by atoms with Gasteiger partial charge in [0.15, 0.2) is 0 Å². The van der Waals surface area contributed by atoms with Crippen molar-refractivity contribution < 1.29 is 4.74 Å². The van der Waals surface area contributed by atoms with Gasteiger partial charge in [0, 0.05) is 31.0 Å². The van der Waals surface area contributed by atoms with E-state index in [0.29, 0.717) is 0 Å². The highest BCUT2D eigenvalue weighted by Crippen LogP contribution is 2.28. The van der Waals surface area contributed by atoms with Gasteiger partial charge in [0.05, 0.1) is 13.2 Å². The van der Waals surface area contributed by atoms with Crippen LogP contribution in [-0.4, -0.2) is 11.2 Å². The van der Waals surface area contributed by atoms with Gasteiger partial charge in [-0.15, -0.1) is 0 Å². The number of nitrogens with zero attached hydrogens (tertiary/aromatic N) is 1. The highest BCUT2D eigenvalue weighted by molar-refractivity contribution is 5.44. The van der Waals surface area contributed by atoms with E-state index in [2.05, 4.69) is 53.5 Å². The van der Waals surface area contributed by atoms with Crippen LogP contribution in [0, 0.1) is 0 Å². The molecule has 3 heteroatoms. The molecule has 0 bridgehead atoms. The van der Waals surface area contributed by atoms with E-state index in [-0.39, 0.29) is 0 Å². The number of hydrogen-bond acceptors (Lipinski definition) is 2. The number of hydrogen-bond donors (Lipinski definition) is 1. The van der Waals surface area contributed by atoms with Gasteiger partial charge in [-0.3, -0.25) is 0 Å². The molecule has 1 aromatic heterocycles. The third kappa shape index (κ3) is 2.88. The van der Waals surface area contributed by atoms with Crippen molar-refractivity contribution in [3.63, 3.8) is 0 Å². The van der Waals surface area contributed by atoms with Crippen LogP contribution in [0.5, 0.6) is 5.75 Å². The number of fused-ring (bicyclic) bond motifs is 1. The number of nitrogens with one attached hydrogen (secondary N) is 1. The Morgan fingerprint density at radius 2 is 1.90 bits per heavy atom. The number of aromatic nitrogens is 1. The lowest BCUT2D eigenvalue weighted by Crippen LogP contribution is -2.04. The fourth-order valence-electron chi connectivity index (χ4n) is 2.64. The topological polar surface area (TPSA) is 26.2 Å². The normalized spacial score (nSPS) is 13.4. The Kier molecular flexibility index (Phi) is 4.07. The van der Waals surface area contributed by atoms with Crippen LogP contribution in [0.3, 0.4) is 0 Å². The third-order valence-corrected chi connectivity index (χ3v) is 3.79. The van der Waals surface area contributed by atoms with Gasteiger partial charge in [-0.1, -0.05) is 13.3 Å². The van der Waals surface area contributed by atoms with Gasteiger partial charge in [0.1, 0.15) is 5.75 Å². The molecular formula is C17H22N2O. The lowest BCUT2D eigenvalue weighted by atomic mass is 10.0. The Bertz CT molecular complexity index is 561. The summed E-state index contributed by atoms with van der Waals surface area (Å²) in [6, 6.07) is 8.65. The monoisotopic (exact) mass is 270 g/mol. The SMILES string of the molecule is CCCCOc1cc2c(cc1Cn1cccc1)CNC2. The maximum Gasteiger partial charge on any atom is 0.124 e. The van der Waals surface area contributed by atoms with E-state index in [1.807, 2.05) is 0 Å². The molecule has 1 aliphatic rings. The molecule has 0 fully saturated rings. The van der Waals surface area contributed by atoms with Gasteiger partial charge < -0.3 is 14.6 Å². The molecule has 0 saturated carbocycles. The molecule has 0 aliphatic carbocycles. The van der Waals surface area contributed by atoms with Gasteiger partial charge >= 0.3 is 0 Å². The lowest BCUT2D eigenvalue weighted by Gasteiger charge is -2.14. The molecule has 2 aromatic rings. The lowest BCUT2D eigenvalue weighted by molar-refractivity contribution is 0.305. The number of unbranched alkanes of at least 4 members (excludes halogenated alkanes) is 1. The Morgan fingerprint density at radius 1 is 1.15 bits per heavy atom. The Balaban J connectivity index is 1.84. The average Bonchev–Trinajstić information content (AvgIpc) is 3.10. The van der Waals surface area contributed by atoms with E-state index in [9.17, 15) is 0 Å². The molecule has 0 amide bonds. The third-order valence-electron chi connectivity index (χ3n) is 3.79. The maximum atomic E-state index is 6.01. The summed E-state index contributed by atoms with van der Waals surface area (Å²) in [5.41, 5.74) is 4.07. The molecule has 0 saturated heterocycles. The largest absolute Gasteiger partial charge is 0.493 e. The molecular weight excluding hydrogens is 248 g/mol. The highest BCUT2D eigenvalue weighted by Gasteiger charge is 2.15. The van der Waals surface area contributed by atoms with Crippen LogP contribution in [0.1, 0.15) is 36.5 Å². The molecule has 0 spiro atoms. The Morgan fingerprint density at radius 3 is 2.65 bits per heavy atom. The molecule has 0 atom stereocenters. The number of benzene rings is 1. The molecule has 1 aliphatic heterocycles. The minimum atomic E-state index is 0.807. The fraction of sp³-hybridized carbons (Fsp3) is 0.412. The summed E-state index contributed by atoms with van der Waals surface area (Å²) in [5.74, 6) is 1.05. The van der Waals surface area contributed by atoms with Crippen LogP contribution in [0.25, 0.3) is 0 Å². The first kappa shape index (κ1) is 13.3. The Labute approximate surface area is 120 Å². The summed E-state index contributed by atoms with van der Waals surface area (Å²) in [7, 11) is 0. The molecule has 20 heavy (non-hydrogen) atoms. The molecule has 3 nitrogen and oxygen atoms in total. The smallest absolute Gasteiger partial charge is 0.124 e. The standard InChI is InChI=1S/C17H22N2O/c1-2-3-8-20-17-10-15-12-18-11-14(15)9-16(17)13-19-6-4-5-7-19/h4-7,9-10,18H,2-3,8,11-13H2,1H3. The summed E-state index contributed by atoms with van der Waals surface area (Å²) in [6.45, 7) is 5.81. The first-order valence-corrected chi connectivity index (χ1v) is 7.45. The van der Waals surface area contributed by atoms with E-state index in [1.54, 1.807) is 0 Å². The zero-order valence-electron chi connectivity index (χ0n) is 12.1. The zero-order valence-corrected chi connectivity index (χ0v) is 12.1. The average molecular weight is 270 g/mol. The van der Waals surface area contributed by atoms with E-state index < -0.39 is 0 Å². The highest BCUT2D eigenvalue weighted by atomic mass is 16.5. The summed E-state index contributed by atoms with van der Waals surface area (Å²) in [6.07, 6.45) is 6.47. The summed E-state index contributed by atoms with van der Waals surface area (Å²) in [5, 5.41) is 3.41. The van der Waals surface area contributed by atoms with Crippen LogP contribution in [0.4, 0.5) is 0 Å². The predicted octanol–water partition coefficient (Wildman–Crippen LogP) is 3.32. The van der Waals surface area contributed by atoms with Crippen LogP contribution in [-0.2, 0) is 19.6 Å². The van der Waals surface area contributed by atoms with Gasteiger partial charge in [-0.25, -0.2) is 0 Å². The fourth-order valence-corrected chi connectivity index (χ4v) is 2.64. The van der Waals surface area contributed by atoms with Gasteiger partial charge in [0.2, 0.25) is 0 Å². The van der Waals surface area contributed by atoms with Crippen molar-refractivity contribution in [1.82, 2.24) is 9.88 Å². The molecule has 1 aromatic carbocycles. The molecule has 0 unspecified atom stereocenters. The van der Waals surface area contributed by atoms with Crippen LogP contribution in [0.2, 0.25) is 0 Å². The Hall–Kier alpha value is -1.74. The molecule has 106 valence electrons. The summed E-state index contributed by atoms with van der Waals surface area (Å²) in [4.78, 5) is 0. The van der Waals surface area contributed by atoms with Crippen molar-refractivity contribution >= 4 is 0 Å². The second-order valence-electron chi connectivity index (χ2n) is 5.39. The van der Waals surface area contributed by atoms with E-state index in [4.69, 9.17) is 4.74 Å². The van der Waals surface area contributed by atoms with Gasteiger partial charge in [-0.2, -0.15) is 0 Å². The summed E-state index contributed by atoms with van der Waals surface area (Å²) < 4.78 is 8.20. The first-order valence-electron chi connectivity index (χ1n) is 7.45. The quantitative estimate of drug-likeness (QED) is 0.815. The first-order chi connectivity index (χ1) is 9.86. The van der Waals surface area contributed by atoms with Crippen LogP contribution >= 0.6 is 0 Å². The van der Waals surface area contributed by atoms with Crippen molar-refractivity contribution in [3.8, 4) is 5.75 Å². The maximum absolute atomic E-state index is 6.01. The van der Waals surface area contributed by atoms with E-state index >= 15 is 0 Å². The molecule has 1 N–H and O–H groups in total. The number of ether oxygens (including phenoxy) is 1. The van der Waals surface area contributed by atoms with Crippen LogP contribution < -0.4 is 10.1 Å². The predicted molar refractivity (Wildman–Crippen MR) is 80.9 cm³/mol. The number of rotatable bonds is 6. The second kappa shape index (κ2) is 6.14. The molecule has 0 radical (unpaired) electrons. The van der Waals surface area contributed by atoms with E-state index in [0.717, 1.165) is 38.4 Å². The van der Waals surface area contributed by atoms with Crippen molar-refractivity contribution in [2.45, 2.75) is 39.4 Å². The molecule has 2 heterocycles. The van der Waals surface area contributed by atoms with Crippen LogP contribution in [0.15, 0.2) is 36.7 Å². The van der Waals surface area contributed by atoms with Gasteiger partial charge in [-0.05, 0) is 41.8 Å². The zero-order chi connectivity index (χ0) is 13.8. The van der Waals surface area contributed by atoms with Crippen molar-refractivity contribution in [2.24, 2.45) is 0 Å². The second-order valence-corrected chi connectivity index (χ2v) is 5.39.